The zero-order valence-corrected chi connectivity index (χ0v) is 10.7. The number of hydrogen-bond donors (Lipinski definition) is 1. The van der Waals surface area contributed by atoms with Gasteiger partial charge in [-0.3, -0.25) is 9.69 Å². The average molecular weight is 293 g/mol. The largest absolute Gasteiger partial charge is 0.401 e. The van der Waals surface area contributed by atoms with Crippen molar-refractivity contribution in [3.05, 3.63) is 35.6 Å². The van der Waals surface area contributed by atoms with Gasteiger partial charge < -0.3 is 5.11 Å². The third-order valence-corrected chi connectivity index (χ3v) is 2.56. The number of aliphatic hydroxyl groups excluding tert-OH is 1. The van der Waals surface area contributed by atoms with E-state index in [0.717, 1.165) is 4.90 Å². The molecule has 0 unspecified atom stereocenters. The summed E-state index contributed by atoms with van der Waals surface area (Å²) in [5, 5.41) is 8.70. The van der Waals surface area contributed by atoms with Gasteiger partial charge in [-0.05, 0) is 11.6 Å². The molecule has 1 N–H and O–H groups in total. The van der Waals surface area contributed by atoms with Gasteiger partial charge in [0.05, 0.1) is 19.7 Å². The summed E-state index contributed by atoms with van der Waals surface area (Å²) in [7, 11) is 0. The molecule has 1 rings (SSSR count). The number of hydrogen-bond acceptors (Lipinski definition) is 3. The number of halogens is 4. The number of alkyl halides is 3. The van der Waals surface area contributed by atoms with Crippen molar-refractivity contribution in [1.29, 1.82) is 0 Å². The smallest absolute Gasteiger partial charge is 0.395 e. The second-order valence-electron chi connectivity index (χ2n) is 4.36. The molecule has 20 heavy (non-hydrogen) atoms. The first-order valence-corrected chi connectivity index (χ1v) is 5.97. The third kappa shape index (κ3) is 6.12. The van der Waals surface area contributed by atoms with Gasteiger partial charge in [0.2, 0.25) is 0 Å². The van der Waals surface area contributed by atoms with E-state index in [-0.39, 0.29) is 18.5 Å². The predicted octanol–water partition coefficient (Wildman–Crippen LogP) is 1.79. The minimum Gasteiger partial charge on any atom is -0.395 e. The van der Waals surface area contributed by atoms with E-state index in [0.29, 0.717) is 0 Å². The lowest BCUT2D eigenvalue weighted by atomic mass is 10.1. The normalized spacial score (nSPS) is 11.9. The number of Topliss-reactive ketones (excluding diaryl/α,β-unsaturated/α-hetero) is 1. The van der Waals surface area contributed by atoms with E-state index in [1.165, 1.54) is 18.2 Å². The highest BCUT2D eigenvalue weighted by Crippen LogP contribution is 2.16. The molecule has 1 aromatic carbocycles. The Balaban J connectivity index is 2.60. The Morgan fingerprint density at radius 2 is 1.90 bits per heavy atom. The maximum absolute atomic E-state index is 13.3. The van der Waals surface area contributed by atoms with Crippen LogP contribution < -0.4 is 0 Å². The second kappa shape index (κ2) is 7.35. The summed E-state index contributed by atoms with van der Waals surface area (Å²) in [5.41, 5.74) is 0.147. The molecule has 0 aromatic heterocycles. The van der Waals surface area contributed by atoms with Crippen molar-refractivity contribution in [1.82, 2.24) is 4.90 Å². The van der Waals surface area contributed by atoms with E-state index in [9.17, 15) is 22.4 Å². The summed E-state index contributed by atoms with van der Waals surface area (Å²) < 4.78 is 50.1. The van der Waals surface area contributed by atoms with Crippen molar-refractivity contribution in [3.8, 4) is 0 Å². The molecule has 0 amide bonds. The molecular formula is C13H15F4NO2. The number of rotatable bonds is 7. The van der Waals surface area contributed by atoms with E-state index in [4.69, 9.17) is 5.11 Å². The lowest BCUT2D eigenvalue weighted by Gasteiger charge is -2.21. The second-order valence-corrected chi connectivity index (χ2v) is 4.36. The van der Waals surface area contributed by atoms with Crippen molar-refractivity contribution in [2.75, 3.05) is 26.2 Å². The summed E-state index contributed by atoms with van der Waals surface area (Å²) >= 11 is 0. The van der Waals surface area contributed by atoms with Crippen molar-refractivity contribution in [3.63, 3.8) is 0 Å². The van der Waals surface area contributed by atoms with Crippen LogP contribution in [0.4, 0.5) is 17.6 Å². The minimum absolute atomic E-state index is 0.147. The molecule has 0 atom stereocenters. The molecule has 0 heterocycles. The van der Waals surface area contributed by atoms with Gasteiger partial charge in [-0.1, -0.05) is 18.2 Å². The molecule has 0 spiro atoms. The van der Waals surface area contributed by atoms with Crippen molar-refractivity contribution in [2.45, 2.75) is 12.6 Å². The monoisotopic (exact) mass is 293 g/mol. The lowest BCUT2D eigenvalue weighted by Crippen LogP contribution is -2.40. The SMILES string of the molecule is O=C(Cc1ccccc1F)CN(CCO)CC(F)(F)F. The number of carbonyl (C=O) groups is 1. The Morgan fingerprint density at radius 1 is 1.25 bits per heavy atom. The highest BCUT2D eigenvalue weighted by atomic mass is 19.4. The highest BCUT2D eigenvalue weighted by molar-refractivity contribution is 5.82. The van der Waals surface area contributed by atoms with Gasteiger partial charge >= 0.3 is 6.18 Å². The van der Waals surface area contributed by atoms with Crippen LogP contribution in [-0.2, 0) is 11.2 Å². The standard InChI is InChI=1S/C13H15F4NO2/c14-12-4-2-1-3-10(12)7-11(20)8-18(5-6-19)9-13(15,16)17/h1-4,19H,5-9H2. The number of aliphatic hydroxyl groups is 1. The quantitative estimate of drug-likeness (QED) is 0.779. The molecule has 0 aliphatic heterocycles. The zero-order chi connectivity index (χ0) is 15.2. The number of carbonyl (C=O) groups excluding carboxylic acids is 1. The third-order valence-electron chi connectivity index (χ3n) is 2.56. The summed E-state index contributed by atoms with van der Waals surface area (Å²) in [6.45, 7) is -2.50. The first-order valence-electron chi connectivity index (χ1n) is 5.97. The molecule has 3 nitrogen and oxygen atoms in total. The number of ketones is 1. The van der Waals surface area contributed by atoms with Gasteiger partial charge in [0, 0.05) is 13.0 Å². The maximum Gasteiger partial charge on any atom is 0.401 e. The Hall–Kier alpha value is -1.47. The molecule has 0 aliphatic carbocycles. The van der Waals surface area contributed by atoms with Gasteiger partial charge in [0.1, 0.15) is 5.82 Å². The highest BCUT2D eigenvalue weighted by Gasteiger charge is 2.31. The van der Waals surface area contributed by atoms with E-state index in [2.05, 4.69) is 0 Å². The van der Waals surface area contributed by atoms with E-state index in [1.807, 2.05) is 0 Å². The van der Waals surface area contributed by atoms with Crippen LogP contribution in [0, 0.1) is 5.82 Å². The van der Waals surface area contributed by atoms with Crippen LogP contribution in [0.25, 0.3) is 0 Å². The maximum atomic E-state index is 13.3. The van der Waals surface area contributed by atoms with Crippen LogP contribution in [0.15, 0.2) is 24.3 Å². The van der Waals surface area contributed by atoms with Gasteiger partial charge in [0.25, 0.3) is 0 Å². The van der Waals surface area contributed by atoms with Crippen LogP contribution in [0.2, 0.25) is 0 Å². The Morgan fingerprint density at radius 3 is 2.45 bits per heavy atom. The van der Waals surface area contributed by atoms with Gasteiger partial charge in [0.15, 0.2) is 5.78 Å². The molecule has 0 radical (unpaired) electrons. The van der Waals surface area contributed by atoms with Gasteiger partial charge in [-0.2, -0.15) is 13.2 Å². The van der Waals surface area contributed by atoms with Crippen LogP contribution in [0.3, 0.4) is 0 Å². The molecule has 7 heteroatoms. The first-order chi connectivity index (χ1) is 9.31. The lowest BCUT2D eigenvalue weighted by molar-refractivity contribution is -0.149. The average Bonchev–Trinajstić information content (AvgIpc) is 2.30. The molecular weight excluding hydrogens is 278 g/mol. The van der Waals surface area contributed by atoms with Crippen molar-refractivity contribution < 1.29 is 27.5 Å². The Bertz CT molecular complexity index is 448. The van der Waals surface area contributed by atoms with E-state index < -0.39 is 37.5 Å². The fourth-order valence-corrected chi connectivity index (χ4v) is 1.77. The zero-order valence-electron chi connectivity index (χ0n) is 10.7. The van der Waals surface area contributed by atoms with Gasteiger partial charge in [-0.25, -0.2) is 4.39 Å². The van der Waals surface area contributed by atoms with E-state index in [1.54, 1.807) is 6.07 Å². The fourth-order valence-electron chi connectivity index (χ4n) is 1.77. The molecule has 0 saturated carbocycles. The van der Waals surface area contributed by atoms with Crippen LogP contribution in [0.5, 0.6) is 0 Å². The molecule has 0 saturated heterocycles. The van der Waals surface area contributed by atoms with E-state index >= 15 is 0 Å². The van der Waals surface area contributed by atoms with Gasteiger partial charge in [-0.15, -0.1) is 0 Å². The molecule has 112 valence electrons. The van der Waals surface area contributed by atoms with Crippen molar-refractivity contribution in [2.24, 2.45) is 0 Å². The summed E-state index contributed by atoms with van der Waals surface area (Å²) in [5.74, 6) is -1.10. The Kier molecular flexibility index (Phi) is 6.09. The topological polar surface area (TPSA) is 40.5 Å². The summed E-state index contributed by atoms with van der Waals surface area (Å²) in [6.07, 6.45) is -4.72. The summed E-state index contributed by atoms with van der Waals surface area (Å²) in [6, 6.07) is 5.61. The number of nitrogens with zero attached hydrogens (tertiary/aromatic N) is 1. The Labute approximate surface area is 113 Å². The van der Waals surface area contributed by atoms with Crippen LogP contribution in [0.1, 0.15) is 5.56 Å². The molecule has 0 bridgehead atoms. The minimum atomic E-state index is -4.45. The summed E-state index contributed by atoms with van der Waals surface area (Å²) in [4.78, 5) is 12.5. The molecule has 0 aliphatic rings. The number of benzene rings is 1. The van der Waals surface area contributed by atoms with Crippen LogP contribution in [-0.4, -0.2) is 48.2 Å². The molecule has 0 fully saturated rings. The van der Waals surface area contributed by atoms with Crippen molar-refractivity contribution >= 4 is 5.78 Å². The molecule has 1 aromatic rings. The fraction of sp³-hybridized carbons (Fsp3) is 0.462. The predicted molar refractivity (Wildman–Crippen MR) is 64.7 cm³/mol. The first kappa shape index (κ1) is 16.6. The van der Waals surface area contributed by atoms with Crippen LogP contribution >= 0.6 is 0 Å².